The molecule has 7 aromatic carbocycles. The summed E-state index contributed by atoms with van der Waals surface area (Å²) >= 11 is 0. The van der Waals surface area contributed by atoms with Gasteiger partial charge in [0, 0.05) is 39.1 Å². The number of allylic oxidation sites excluding steroid dienone is 5. The fourth-order valence-electron chi connectivity index (χ4n) is 7.88. The third kappa shape index (κ3) is 4.96. The van der Waals surface area contributed by atoms with Gasteiger partial charge in [0.05, 0.1) is 5.69 Å². The maximum absolute atomic E-state index is 3.82. The van der Waals surface area contributed by atoms with Crippen molar-refractivity contribution in [3.05, 3.63) is 193 Å². The molecule has 0 aromatic heterocycles. The van der Waals surface area contributed by atoms with Crippen LogP contribution in [0.2, 0.25) is 0 Å². The molecule has 1 atom stereocenters. The summed E-state index contributed by atoms with van der Waals surface area (Å²) < 4.78 is 0. The lowest BCUT2D eigenvalue weighted by molar-refractivity contribution is 0.571. The van der Waals surface area contributed by atoms with Crippen molar-refractivity contribution < 1.29 is 0 Å². The molecule has 234 valence electrons. The van der Waals surface area contributed by atoms with Gasteiger partial charge in [-0.3, -0.25) is 0 Å². The van der Waals surface area contributed by atoms with Crippen LogP contribution in [0.1, 0.15) is 24.5 Å². The highest BCUT2D eigenvalue weighted by Gasteiger charge is 2.37. The van der Waals surface area contributed by atoms with E-state index < -0.39 is 0 Å². The van der Waals surface area contributed by atoms with Gasteiger partial charge < -0.3 is 10.2 Å². The summed E-state index contributed by atoms with van der Waals surface area (Å²) in [5.74, 6) is 0. The lowest BCUT2D eigenvalue weighted by atomic mass is 9.64. The second-order valence-corrected chi connectivity index (χ2v) is 13.2. The average Bonchev–Trinajstić information content (AvgIpc) is 3.16. The highest BCUT2D eigenvalue weighted by atomic mass is 15.1. The van der Waals surface area contributed by atoms with Gasteiger partial charge in [-0.2, -0.15) is 0 Å². The largest absolute Gasteiger partial charge is 0.355 e. The van der Waals surface area contributed by atoms with E-state index in [1.54, 1.807) is 0 Å². The zero-order chi connectivity index (χ0) is 32.8. The quantitative estimate of drug-likeness (QED) is 0.197. The van der Waals surface area contributed by atoms with Crippen molar-refractivity contribution in [1.82, 2.24) is 0 Å². The second kappa shape index (κ2) is 11.8. The molecule has 2 aliphatic rings. The first-order valence-corrected chi connectivity index (χ1v) is 17.1. The molecule has 0 spiro atoms. The van der Waals surface area contributed by atoms with Crippen LogP contribution in [0, 0.1) is 0 Å². The summed E-state index contributed by atoms with van der Waals surface area (Å²) in [6.45, 7) is 2.41. The van der Waals surface area contributed by atoms with Crippen molar-refractivity contribution in [2.24, 2.45) is 0 Å². The molecule has 0 saturated heterocycles. The molecule has 9 rings (SSSR count). The van der Waals surface area contributed by atoms with Crippen molar-refractivity contribution in [3.8, 4) is 11.1 Å². The molecule has 0 radical (unpaired) electrons. The van der Waals surface area contributed by atoms with Crippen molar-refractivity contribution >= 4 is 56.1 Å². The number of hydrogen-bond acceptors (Lipinski definition) is 2. The molecule has 0 heterocycles. The standard InChI is InChI=1S/C47H36N2/c1-47-31-12-11-17-35(47)25-30-42-39-20-7-6-15-34(39)32-43(46(42)47)41-22-9-10-23-44(41)48-36-26-28-38(29-27-36)49(37-18-3-2-4-19-37)45-24-13-16-33-14-5-8-21-40(33)45/h2-30,32,48H,31H2,1H3. The van der Waals surface area contributed by atoms with Crippen LogP contribution in [-0.4, -0.2) is 0 Å². The Balaban J connectivity index is 1.13. The summed E-state index contributed by atoms with van der Waals surface area (Å²) in [6.07, 6.45) is 12.4. The van der Waals surface area contributed by atoms with Crippen LogP contribution in [0.25, 0.3) is 38.7 Å². The summed E-state index contributed by atoms with van der Waals surface area (Å²) in [6, 6.07) is 54.5. The number of fused-ring (bicyclic) bond motifs is 6. The van der Waals surface area contributed by atoms with Crippen LogP contribution < -0.4 is 10.2 Å². The number of benzene rings is 7. The first-order chi connectivity index (χ1) is 24.2. The number of nitrogens with zero attached hydrogens (tertiary/aromatic N) is 1. The summed E-state index contributed by atoms with van der Waals surface area (Å²) in [5.41, 5.74) is 12.0. The Morgan fingerprint density at radius 1 is 0.592 bits per heavy atom. The maximum atomic E-state index is 3.82. The minimum atomic E-state index is -0.102. The Hall–Kier alpha value is -6.12. The topological polar surface area (TPSA) is 15.3 Å². The highest BCUT2D eigenvalue weighted by molar-refractivity contribution is 6.01. The first-order valence-electron chi connectivity index (χ1n) is 17.1. The van der Waals surface area contributed by atoms with Crippen LogP contribution in [0.15, 0.2) is 182 Å². The third-order valence-electron chi connectivity index (χ3n) is 10.3. The predicted molar refractivity (Wildman–Crippen MR) is 210 cm³/mol. The van der Waals surface area contributed by atoms with Crippen LogP contribution >= 0.6 is 0 Å². The average molecular weight is 629 g/mol. The lowest BCUT2D eigenvalue weighted by Crippen LogP contribution is -2.29. The molecule has 0 bridgehead atoms. The Bertz CT molecular complexity index is 2440. The van der Waals surface area contributed by atoms with Gasteiger partial charge in [-0.25, -0.2) is 0 Å². The molecule has 0 aliphatic heterocycles. The molecule has 0 fully saturated rings. The second-order valence-electron chi connectivity index (χ2n) is 13.2. The lowest BCUT2D eigenvalue weighted by Gasteiger charge is -2.39. The van der Waals surface area contributed by atoms with Gasteiger partial charge in [-0.05, 0) is 99.4 Å². The van der Waals surface area contributed by atoms with E-state index >= 15 is 0 Å². The molecule has 49 heavy (non-hydrogen) atoms. The van der Waals surface area contributed by atoms with Gasteiger partial charge in [0.15, 0.2) is 0 Å². The zero-order valence-electron chi connectivity index (χ0n) is 27.5. The number of hydrogen-bond donors (Lipinski definition) is 1. The molecule has 1 unspecified atom stereocenters. The molecule has 7 aromatic rings. The highest BCUT2D eigenvalue weighted by Crippen LogP contribution is 2.51. The monoisotopic (exact) mass is 628 g/mol. The Kier molecular flexibility index (Phi) is 7.02. The Morgan fingerprint density at radius 2 is 1.29 bits per heavy atom. The van der Waals surface area contributed by atoms with E-state index in [2.05, 4.69) is 199 Å². The van der Waals surface area contributed by atoms with Gasteiger partial charge in [-0.1, -0.05) is 134 Å². The smallest absolute Gasteiger partial charge is 0.0540 e. The maximum Gasteiger partial charge on any atom is 0.0540 e. The normalized spacial score (nSPS) is 16.2. The number of rotatable bonds is 6. The van der Waals surface area contributed by atoms with E-state index in [4.69, 9.17) is 0 Å². The fraction of sp³-hybridized carbons (Fsp3) is 0.0638. The van der Waals surface area contributed by atoms with E-state index in [1.165, 1.54) is 49.4 Å². The zero-order valence-corrected chi connectivity index (χ0v) is 27.5. The number of para-hydroxylation sites is 2. The molecule has 2 nitrogen and oxygen atoms in total. The van der Waals surface area contributed by atoms with Gasteiger partial charge in [0.25, 0.3) is 0 Å². The Morgan fingerprint density at radius 3 is 2.14 bits per heavy atom. The van der Waals surface area contributed by atoms with Crippen molar-refractivity contribution in [2.75, 3.05) is 10.2 Å². The van der Waals surface area contributed by atoms with E-state index in [-0.39, 0.29) is 5.41 Å². The molecule has 2 aliphatic carbocycles. The van der Waals surface area contributed by atoms with Crippen molar-refractivity contribution in [1.29, 1.82) is 0 Å². The summed E-state index contributed by atoms with van der Waals surface area (Å²) in [5, 5.41) is 8.84. The SMILES string of the molecule is CC12CC=CC=C1C=Cc1c2c(-c2ccccc2Nc2ccc(N(c3ccccc3)c3cccc4ccccc34)cc2)cc2ccccc12. The van der Waals surface area contributed by atoms with Gasteiger partial charge in [0.1, 0.15) is 0 Å². The van der Waals surface area contributed by atoms with E-state index in [9.17, 15) is 0 Å². The minimum absolute atomic E-state index is 0.102. The van der Waals surface area contributed by atoms with Crippen LogP contribution in [0.5, 0.6) is 0 Å². The number of anilines is 5. The van der Waals surface area contributed by atoms with Gasteiger partial charge in [0.2, 0.25) is 0 Å². The first kappa shape index (κ1) is 29.1. The van der Waals surface area contributed by atoms with Crippen LogP contribution in [-0.2, 0) is 5.41 Å². The predicted octanol–water partition coefficient (Wildman–Crippen LogP) is 13.0. The van der Waals surface area contributed by atoms with E-state index in [0.717, 1.165) is 34.9 Å². The summed E-state index contributed by atoms with van der Waals surface area (Å²) in [4.78, 5) is 2.35. The molecular formula is C47H36N2. The minimum Gasteiger partial charge on any atom is -0.355 e. The van der Waals surface area contributed by atoms with E-state index in [1.807, 2.05) is 0 Å². The molecule has 2 heteroatoms. The van der Waals surface area contributed by atoms with E-state index in [0.29, 0.717) is 0 Å². The van der Waals surface area contributed by atoms with Gasteiger partial charge >= 0.3 is 0 Å². The molecule has 0 amide bonds. The molecule has 0 saturated carbocycles. The fourth-order valence-corrected chi connectivity index (χ4v) is 7.88. The molecule has 1 N–H and O–H groups in total. The van der Waals surface area contributed by atoms with Crippen LogP contribution in [0.4, 0.5) is 28.4 Å². The van der Waals surface area contributed by atoms with Gasteiger partial charge in [-0.15, -0.1) is 0 Å². The van der Waals surface area contributed by atoms with Crippen molar-refractivity contribution in [3.63, 3.8) is 0 Å². The third-order valence-corrected chi connectivity index (χ3v) is 10.3. The van der Waals surface area contributed by atoms with Crippen LogP contribution in [0.3, 0.4) is 0 Å². The molecular weight excluding hydrogens is 593 g/mol. The Labute approximate surface area is 288 Å². The van der Waals surface area contributed by atoms with Crippen molar-refractivity contribution in [2.45, 2.75) is 18.8 Å². The summed E-state index contributed by atoms with van der Waals surface area (Å²) in [7, 11) is 0. The number of nitrogens with one attached hydrogen (secondary N) is 1.